The van der Waals surface area contributed by atoms with Gasteiger partial charge in [-0.2, -0.15) is 0 Å². The lowest BCUT2D eigenvalue weighted by Crippen LogP contribution is -2.46. The monoisotopic (exact) mass is 351 g/mol. The van der Waals surface area contributed by atoms with Crippen molar-refractivity contribution < 1.29 is 22.6 Å². The van der Waals surface area contributed by atoms with Crippen LogP contribution in [0.3, 0.4) is 0 Å². The smallest absolute Gasteiger partial charge is 0.400 e. The molecule has 1 saturated heterocycles. The Morgan fingerprint density at radius 2 is 1.58 bits per heavy atom. The Bertz CT molecular complexity index is 759. The van der Waals surface area contributed by atoms with E-state index in [1.807, 2.05) is 58.0 Å². The molecule has 3 rings (SSSR count). The summed E-state index contributed by atoms with van der Waals surface area (Å²) in [6.07, 6.45) is 1.20. The van der Waals surface area contributed by atoms with Crippen molar-refractivity contribution in [1.29, 1.82) is 0 Å². The summed E-state index contributed by atoms with van der Waals surface area (Å²) in [7, 11) is -4.23. The van der Waals surface area contributed by atoms with Gasteiger partial charge in [-0.05, 0) is 33.3 Å². The molecule has 0 spiro atoms. The number of hydrogen-bond acceptors (Lipinski definition) is 6. The molecule has 0 saturated carbocycles. The standard InChI is InChI=1S/C16H22BNO5S/c1-14(2)15(3,4)22-17(21-14)16(12-9-7-6-8-10-12)11-13(18-23-16)24(5,19)20/h6-10H,11H2,1-5H3/t16-/m1/s1. The van der Waals surface area contributed by atoms with Crippen LogP contribution in [0.15, 0.2) is 35.5 Å². The number of hydrogen-bond donors (Lipinski definition) is 0. The zero-order valence-electron chi connectivity index (χ0n) is 14.6. The lowest BCUT2D eigenvalue weighted by atomic mass is 9.62. The van der Waals surface area contributed by atoms with Gasteiger partial charge in [0.05, 0.1) is 11.2 Å². The van der Waals surface area contributed by atoms with Crippen LogP contribution >= 0.6 is 0 Å². The van der Waals surface area contributed by atoms with E-state index in [0.717, 1.165) is 11.8 Å². The van der Waals surface area contributed by atoms with Crippen molar-refractivity contribution in [2.24, 2.45) is 5.16 Å². The van der Waals surface area contributed by atoms with Crippen LogP contribution in [0, 0.1) is 0 Å². The molecule has 0 N–H and O–H groups in total. The Morgan fingerprint density at radius 3 is 2.04 bits per heavy atom. The first kappa shape index (κ1) is 17.4. The molecule has 2 aliphatic rings. The van der Waals surface area contributed by atoms with Gasteiger partial charge in [-0.3, -0.25) is 0 Å². The van der Waals surface area contributed by atoms with Gasteiger partial charge in [0.25, 0.3) is 0 Å². The van der Waals surface area contributed by atoms with E-state index in [0.29, 0.717) is 0 Å². The molecule has 1 fully saturated rings. The fourth-order valence-corrected chi connectivity index (χ4v) is 3.44. The predicted octanol–water partition coefficient (Wildman–Crippen LogP) is 2.29. The van der Waals surface area contributed by atoms with Crippen molar-refractivity contribution in [3.05, 3.63) is 35.9 Å². The maximum atomic E-state index is 11.9. The van der Waals surface area contributed by atoms with Crippen LogP contribution in [-0.2, 0) is 29.5 Å². The summed E-state index contributed by atoms with van der Waals surface area (Å²) < 4.78 is 36.2. The number of oxime groups is 1. The second-order valence-corrected chi connectivity index (χ2v) is 9.38. The van der Waals surface area contributed by atoms with Crippen molar-refractivity contribution in [1.82, 2.24) is 0 Å². The third kappa shape index (κ3) is 2.66. The first-order valence-electron chi connectivity index (χ1n) is 7.84. The number of rotatable bonds is 2. The highest BCUT2D eigenvalue weighted by Gasteiger charge is 2.64. The minimum Gasteiger partial charge on any atom is -0.400 e. The zero-order chi connectivity index (χ0) is 17.8. The largest absolute Gasteiger partial charge is 0.513 e. The second kappa shape index (κ2) is 5.31. The molecule has 0 bridgehead atoms. The van der Waals surface area contributed by atoms with E-state index >= 15 is 0 Å². The van der Waals surface area contributed by atoms with Gasteiger partial charge in [-0.15, -0.1) is 0 Å². The molecule has 0 aliphatic carbocycles. The minimum atomic E-state index is -3.45. The molecule has 24 heavy (non-hydrogen) atoms. The topological polar surface area (TPSA) is 74.2 Å². The lowest BCUT2D eigenvalue weighted by Gasteiger charge is -2.32. The van der Waals surface area contributed by atoms with E-state index < -0.39 is 33.7 Å². The van der Waals surface area contributed by atoms with Crippen LogP contribution in [-0.4, -0.2) is 38.0 Å². The quantitative estimate of drug-likeness (QED) is 0.765. The molecule has 1 aromatic rings. The van der Waals surface area contributed by atoms with E-state index in [2.05, 4.69) is 5.16 Å². The van der Waals surface area contributed by atoms with Gasteiger partial charge in [0.1, 0.15) is 0 Å². The average molecular weight is 351 g/mol. The first-order valence-corrected chi connectivity index (χ1v) is 9.73. The van der Waals surface area contributed by atoms with Gasteiger partial charge >= 0.3 is 7.12 Å². The van der Waals surface area contributed by atoms with Gasteiger partial charge in [0.15, 0.2) is 14.9 Å². The zero-order valence-corrected chi connectivity index (χ0v) is 15.4. The molecular weight excluding hydrogens is 329 g/mol. The summed E-state index contributed by atoms with van der Waals surface area (Å²) in [5, 5.41) is 3.85. The Hall–Kier alpha value is -1.38. The average Bonchev–Trinajstić information content (AvgIpc) is 3.01. The van der Waals surface area contributed by atoms with Crippen molar-refractivity contribution in [3.8, 4) is 0 Å². The van der Waals surface area contributed by atoms with Crippen molar-refractivity contribution >= 4 is 22.0 Å². The highest BCUT2D eigenvalue weighted by molar-refractivity contribution is 8.05. The Morgan fingerprint density at radius 1 is 1.04 bits per heavy atom. The molecule has 6 nitrogen and oxygen atoms in total. The number of benzene rings is 1. The molecule has 0 radical (unpaired) electrons. The van der Waals surface area contributed by atoms with E-state index in [4.69, 9.17) is 14.1 Å². The molecule has 1 atom stereocenters. The summed E-state index contributed by atoms with van der Waals surface area (Å²) in [4.78, 5) is 5.70. The molecule has 1 aromatic carbocycles. The number of nitrogens with zero attached hydrogens (tertiary/aromatic N) is 1. The van der Waals surface area contributed by atoms with Crippen LogP contribution in [0.2, 0.25) is 0 Å². The molecule has 130 valence electrons. The van der Waals surface area contributed by atoms with E-state index in [9.17, 15) is 8.42 Å². The van der Waals surface area contributed by atoms with Crippen LogP contribution in [0.5, 0.6) is 0 Å². The maximum absolute atomic E-state index is 11.9. The number of sulfone groups is 1. The first-order chi connectivity index (χ1) is 11.0. The molecule has 2 aliphatic heterocycles. The second-order valence-electron chi connectivity index (χ2n) is 7.37. The Kier molecular flexibility index (Phi) is 3.86. The normalized spacial score (nSPS) is 28.5. The summed E-state index contributed by atoms with van der Waals surface area (Å²) in [6, 6.07) is 9.35. The Balaban J connectivity index is 2.04. The summed E-state index contributed by atoms with van der Waals surface area (Å²) >= 11 is 0. The van der Waals surface area contributed by atoms with Gasteiger partial charge in [0.2, 0.25) is 5.50 Å². The SMILES string of the molecule is CC1(C)OB([C@]2(c3ccccc3)CC(S(C)(=O)=O)=NO2)OC1(C)C. The molecule has 0 amide bonds. The molecular formula is C16H22BNO5S. The molecule has 0 unspecified atom stereocenters. The van der Waals surface area contributed by atoms with E-state index in [1.54, 1.807) is 0 Å². The fourth-order valence-electron chi connectivity index (χ4n) is 2.79. The van der Waals surface area contributed by atoms with Crippen molar-refractivity contribution in [2.45, 2.75) is 50.8 Å². The van der Waals surface area contributed by atoms with Crippen LogP contribution in [0.25, 0.3) is 0 Å². The van der Waals surface area contributed by atoms with Gasteiger partial charge in [-0.25, -0.2) is 8.42 Å². The van der Waals surface area contributed by atoms with Gasteiger partial charge in [0, 0.05) is 12.7 Å². The summed E-state index contributed by atoms with van der Waals surface area (Å²) in [5.74, 6) is 0. The third-order valence-electron chi connectivity index (χ3n) is 5.05. The maximum Gasteiger partial charge on any atom is 0.513 e. The van der Waals surface area contributed by atoms with Crippen LogP contribution < -0.4 is 0 Å². The minimum absolute atomic E-state index is 0.000986. The highest BCUT2D eigenvalue weighted by Crippen LogP contribution is 2.47. The summed E-state index contributed by atoms with van der Waals surface area (Å²) in [5.41, 5.74) is -1.47. The van der Waals surface area contributed by atoms with Crippen molar-refractivity contribution in [3.63, 3.8) is 0 Å². The van der Waals surface area contributed by atoms with E-state index in [-0.39, 0.29) is 11.5 Å². The predicted molar refractivity (Wildman–Crippen MR) is 92.2 cm³/mol. The van der Waals surface area contributed by atoms with Gasteiger partial charge < -0.3 is 14.1 Å². The molecule has 2 heterocycles. The van der Waals surface area contributed by atoms with Crippen LogP contribution in [0.4, 0.5) is 0 Å². The lowest BCUT2D eigenvalue weighted by molar-refractivity contribution is 0.00578. The Labute approximate surface area is 143 Å². The van der Waals surface area contributed by atoms with Crippen molar-refractivity contribution in [2.75, 3.05) is 6.26 Å². The molecule has 0 aromatic heterocycles. The van der Waals surface area contributed by atoms with Crippen LogP contribution in [0.1, 0.15) is 39.7 Å². The van der Waals surface area contributed by atoms with E-state index in [1.165, 1.54) is 0 Å². The highest BCUT2D eigenvalue weighted by atomic mass is 32.2. The van der Waals surface area contributed by atoms with Gasteiger partial charge in [-0.1, -0.05) is 35.5 Å². The fraction of sp³-hybridized carbons (Fsp3) is 0.562. The molecule has 8 heteroatoms. The third-order valence-corrected chi connectivity index (χ3v) is 6.12. The summed E-state index contributed by atoms with van der Waals surface area (Å²) in [6.45, 7) is 7.77.